The zero-order chi connectivity index (χ0) is 13.1. The fourth-order valence-corrected chi connectivity index (χ4v) is 2.21. The second-order valence-corrected chi connectivity index (χ2v) is 4.33. The Morgan fingerprint density at radius 3 is 2.89 bits per heavy atom. The lowest BCUT2D eigenvalue weighted by atomic mass is 10.1. The third-order valence-corrected chi connectivity index (χ3v) is 3.14. The normalized spacial score (nSPS) is 14.4. The van der Waals surface area contributed by atoms with E-state index >= 15 is 0 Å². The number of fused-ring (bicyclic) bond motifs is 1. The summed E-state index contributed by atoms with van der Waals surface area (Å²) < 4.78 is 0. The van der Waals surface area contributed by atoms with E-state index in [0.29, 0.717) is 5.69 Å². The molecule has 0 aliphatic carbocycles. The van der Waals surface area contributed by atoms with Crippen LogP contribution in [0.1, 0.15) is 11.3 Å². The van der Waals surface area contributed by atoms with Crippen LogP contribution in [0.15, 0.2) is 36.7 Å². The minimum Gasteiger partial charge on any atom is -0.324 e. The molecule has 5 nitrogen and oxygen atoms in total. The summed E-state index contributed by atoms with van der Waals surface area (Å²) >= 11 is 0. The molecule has 1 aromatic carbocycles. The SMILES string of the molecule is N#Cc1cnc(N2CCNCc3ccccc32)cn1. The molecular weight excluding hydrogens is 238 g/mol. The molecule has 2 aromatic rings. The lowest BCUT2D eigenvalue weighted by Gasteiger charge is -2.22. The van der Waals surface area contributed by atoms with E-state index in [1.54, 1.807) is 6.20 Å². The van der Waals surface area contributed by atoms with Gasteiger partial charge in [-0.15, -0.1) is 0 Å². The molecule has 0 saturated carbocycles. The number of hydrogen-bond donors (Lipinski definition) is 1. The van der Waals surface area contributed by atoms with Crippen molar-refractivity contribution >= 4 is 11.5 Å². The average molecular weight is 251 g/mol. The van der Waals surface area contributed by atoms with Crippen LogP contribution < -0.4 is 10.2 Å². The van der Waals surface area contributed by atoms with E-state index in [4.69, 9.17) is 5.26 Å². The summed E-state index contributed by atoms with van der Waals surface area (Å²) in [5.74, 6) is 0.773. The molecule has 0 saturated heterocycles. The summed E-state index contributed by atoms with van der Waals surface area (Å²) in [5, 5.41) is 12.1. The van der Waals surface area contributed by atoms with Crippen LogP contribution in [0.25, 0.3) is 0 Å². The highest BCUT2D eigenvalue weighted by atomic mass is 15.2. The Hall–Kier alpha value is -2.45. The number of nitrogens with one attached hydrogen (secondary N) is 1. The molecule has 0 amide bonds. The Bertz CT molecular complexity index is 614. The number of nitriles is 1. The predicted octanol–water partition coefficient (Wildman–Crippen LogP) is 1.59. The molecule has 1 aromatic heterocycles. The van der Waals surface area contributed by atoms with Crippen molar-refractivity contribution in [2.45, 2.75) is 6.54 Å². The summed E-state index contributed by atoms with van der Waals surface area (Å²) in [6.45, 7) is 2.57. The Balaban J connectivity index is 2.01. The van der Waals surface area contributed by atoms with Gasteiger partial charge >= 0.3 is 0 Å². The third-order valence-electron chi connectivity index (χ3n) is 3.14. The number of aromatic nitrogens is 2. The number of nitrogens with zero attached hydrogens (tertiary/aromatic N) is 4. The molecule has 0 radical (unpaired) electrons. The van der Waals surface area contributed by atoms with Crippen molar-refractivity contribution in [1.29, 1.82) is 5.26 Å². The molecule has 1 aliphatic heterocycles. The molecule has 0 atom stereocenters. The first-order valence-corrected chi connectivity index (χ1v) is 6.17. The molecule has 0 spiro atoms. The maximum absolute atomic E-state index is 8.77. The Labute approximate surface area is 111 Å². The Kier molecular flexibility index (Phi) is 3.09. The largest absolute Gasteiger partial charge is 0.324 e. The summed E-state index contributed by atoms with van der Waals surface area (Å²) in [7, 11) is 0. The van der Waals surface area contributed by atoms with Crippen LogP contribution in [0.5, 0.6) is 0 Å². The lowest BCUT2D eigenvalue weighted by Crippen LogP contribution is -2.25. The van der Waals surface area contributed by atoms with E-state index in [1.807, 2.05) is 18.2 Å². The minimum atomic E-state index is 0.338. The van der Waals surface area contributed by atoms with Crippen molar-refractivity contribution < 1.29 is 0 Å². The van der Waals surface area contributed by atoms with Crippen LogP contribution in [0.4, 0.5) is 11.5 Å². The predicted molar refractivity (Wildman–Crippen MR) is 71.9 cm³/mol. The lowest BCUT2D eigenvalue weighted by molar-refractivity contribution is 0.710. The standard InChI is InChI=1S/C14H13N5/c15-7-12-9-18-14(10-17-12)19-6-5-16-8-11-3-1-2-4-13(11)19/h1-4,9-10,16H,5-6,8H2. The summed E-state index contributed by atoms with van der Waals surface area (Å²) in [5.41, 5.74) is 2.72. The minimum absolute atomic E-state index is 0.338. The van der Waals surface area contributed by atoms with E-state index in [9.17, 15) is 0 Å². The van der Waals surface area contributed by atoms with Gasteiger partial charge in [0.15, 0.2) is 11.5 Å². The molecular formula is C14H13N5. The number of anilines is 2. The van der Waals surface area contributed by atoms with Gasteiger partial charge in [0.25, 0.3) is 0 Å². The Morgan fingerprint density at radius 2 is 2.11 bits per heavy atom. The molecule has 0 unspecified atom stereocenters. The molecule has 1 N–H and O–H groups in total. The van der Waals surface area contributed by atoms with Gasteiger partial charge in [-0.3, -0.25) is 0 Å². The van der Waals surface area contributed by atoms with E-state index in [-0.39, 0.29) is 0 Å². The number of rotatable bonds is 1. The fourth-order valence-electron chi connectivity index (χ4n) is 2.21. The maximum atomic E-state index is 8.77. The van der Waals surface area contributed by atoms with Gasteiger partial charge in [0.1, 0.15) is 6.07 Å². The highest BCUT2D eigenvalue weighted by Gasteiger charge is 2.17. The summed E-state index contributed by atoms with van der Waals surface area (Å²) in [6.07, 6.45) is 3.16. The molecule has 0 bridgehead atoms. The zero-order valence-corrected chi connectivity index (χ0v) is 10.4. The Morgan fingerprint density at radius 1 is 1.21 bits per heavy atom. The molecule has 94 valence electrons. The van der Waals surface area contributed by atoms with Crippen LogP contribution in [-0.2, 0) is 6.54 Å². The average Bonchev–Trinajstić information content (AvgIpc) is 2.70. The van der Waals surface area contributed by atoms with Crippen molar-refractivity contribution in [3.8, 4) is 6.07 Å². The summed E-state index contributed by atoms with van der Waals surface area (Å²) in [6, 6.07) is 10.2. The fraction of sp³-hybridized carbons (Fsp3) is 0.214. The van der Waals surface area contributed by atoms with Crippen LogP contribution >= 0.6 is 0 Å². The third kappa shape index (κ3) is 2.26. The highest BCUT2D eigenvalue weighted by Crippen LogP contribution is 2.27. The quantitative estimate of drug-likeness (QED) is 0.833. The van der Waals surface area contributed by atoms with Gasteiger partial charge in [-0.2, -0.15) is 5.26 Å². The van der Waals surface area contributed by atoms with Gasteiger partial charge in [-0.1, -0.05) is 18.2 Å². The van der Waals surface area contributed by atoms with Crippen LogP contribution in [0, 0.1) is 11.3 Å². The first-order valence-electron chi connectivity index (χ1n) is 6.17. The van der Waals surface area contributed by atoms with Crippen LogP contribution in [0.3, 0.4) is 0 Å². The first-order chi connectivity index (χ1) is 9.38. The first kappa shape index (κ1) is 11.6. The zero-order valence-electron chi connectivity index (χ0n) is 10.4. The van der Waals surface area contributed by atoms with Crippen molar-refractivity contribution in [2.24, 2.45) is 0 Å². The number of hydrogen-bond acceptors (Lipinski definition) is 5. The van der Waals surface area contributed by atoms with Gasteiger partial charge in [-0.05, 0) is 11.6 Å². The molecule has 2 heterocycles. The number of para-hydroxylation sites is 1. The van der Waals surface area contributed by atoms with E-state index in [1.165, 1.54) is 11.8 Å². The van der Waals surface area contributed by atoms with Crippen LogP contribution in [0.2, 0.25) is 0 Å². The van der Waals surface area contributed by atoms with Gasteiger partial charge < -0.3 is 10.2 Å². The smallest absolute Gasteiger partial charge is 0.158 e. The van der Waals surface area contributed by atoms with E-state index < -0.39 is 0 Å². The maximum Gasteiger partial charge on any atom is 0.158 e. The molecule has 19 heavy (non-hydrogen) atoms. The van der Waals surface area contributed by atoms with Gasteiger partial charge in [0.2, 0.25) is 0 Å². The second-order valence-electron chi connectivity index (χ2n) is 4.33. The van der Waals surface area contributed by atoms with Crippen molar-refractivity contribution in [3.63, 3.8) is 0 Å². The van der Waals surface area contributed by atoms with Gasteiger partial charge in [0, 0.05) is 25.3 Å². The van der Waals surface area contributed by atoms with Gasteiger partial charge in [0.05, 0.1) is 12.4 Å². The highest BCUT2D eigenvalue weighted by molar-refractivity contribution is 5.64. The van der Waals surface area contributed by atoms with E-state index in [2.05, 4.69) is 32.3 Å². The monoisotopic (exact) mass is 251 g/mol. The van der Waals surface area contributed by atoms with Crippen LogP contribution in [-0.4, -0.2) is 23.1 Å². The van der Waals surface area contributed by atoms with Crippen molar-refractivity contribution in [3.05, 3.63) is 47.9 Å². The topological polar surface area (TPSA) is 64.8 Å². The van der Waals surface area contributed by atoms with Crippen molar-refractivity contribution in [2.75, 3.05) is 18.0 Å². The summed E-state index contributed by atoms with van der Waals surface area (Å²) in [4.78, 5) is 10.5. The van der Waals surface area contributed by atoms with E-state index in [0.717, 1.165) is 31.1 Å². The molecule has 3 rings (SSSR count). The molecule has 5 heteroatoms. The number of benzene rings is 1. The second kappa shape index (κ2) is 5.04. The molecule has 0 fully saturated rings. The van der Waals surface area contributed by atoms with Crippen molar-refractivity contribution in [1.82, 2.24) is 15.3 Å². The van der Waals surface area contributed by atoms with Gasteiger partial charge in [-0.25, -0.2) is 9.97 Å². The molecule has 1 aliphatic rings.